The van der Waals surface area contributed by atoms with E-state index in [1.165, 1.54) is 29.7 Å². The molecule has 0 aliphatic heterocycles. The second-order valence-electron chi connectivity index (χ2n) is 4.02. The van der Waals surface area contributed by atoms with Crippen molar-refractivity contribution < 1.29 is 8.42 Å². The Hall–Kier alpha value is -1.41. The summed E-state index contributed by atoms with van der Waals surface area (Å²) in [6, 6.07) is 6.26. The van der Waals surface area contributed by atoms with Gasteiger partial charge in [-0.1, -0.05) is 23.2 Å². The lowest BCUT2D eigenvalue weighted by Crippen LogP contribution is -2.14. The van der Waals surface area contributed by atoms with Gasteiger partial charge in [0.15, 0.2) is 0 Å². The van der Waals surface area contributed by atoms with Crippen LogP contribution >= 0.6 is 34.5 Å². The zero-order valence-electron chi connectivity index (χ0n) is 10.2. The maximum Gasteiger partial charge on any atom is 0.265 e. The zero-order chi connectivity index (χ0) is 15.0. The van der Waals surface area contributed by atoms with E-state index in [1.807, 2.05) is 0 Å². The number of nitrogens with one attached hydrogen (secondary N) is 1. The minimum atomic E-state index is -3.90. The first-order valence-corrected chi connectivity index (χ1v) is 8.76. The van der Waals surface area contributed by atoms with E-state index in [9.17, 15) is 8.42 Å². The van der Waals surface area contributed by atoms with Gasteiger partial charge in [0.25, 0.3) is 10.0 Å². The summed E-state index contributed by atoms with van der Waals surface area (Å²) in [6.07, 6.45) is 1.41. The van der Waals surface area contributed by atoms with Crippen LogP contribution in [0.15, 0.2) is 40.9 Å². The smallest absolute Gasteiger partial charge is 0.265 e. The van der Waals surface area contributed by atoms with Crippen molar-refractivity contribution in [2.45, 2.75) is 4.90 Å². The lowest BCUT2D eigenvalue weighted by molar-refractivity contribution is 0.601. The summed E-state index contributed by atoms with van der Waals surface area (Å²) in [4.78, 5) is 7.78. The maximum absolute atomic E-state index is 12.4. The van der Waals surface area contributed by atoms with E-state index in [1.54, 1.807) is 17.6 Å². The van der Waals surface area contributed by atoms with Crippen molar-refractivity contribution in [1.29, 1.82) is 0 Å². The molecular weight excluding hydrogens is 353 g/mol. The molecule has 0 unspecified atom stereocenters. The van der Waals surface area contributed by atoms with Gasteiger partial charge in [-0.3, -0.25) is 4.72 Å². The normalized spacial score (nSPS) is 11.7. The summed E-state index contributed by atoms with van der Waals surface area (Å²) >= 11 is 13.3. The molecule has 1 aromatic carbocycles. The number of nitrogens with zero attached hydrogens (tertiary/aromatic N) is 2. The third kappa shape index (κ3) is 2.69. The highest BCUT2D eigenvalue weighted by Gasteiger charge is 2.21. The Balaban J connectivity index is 2.12. The zero-order valence-corrected chi connectivity index (χ0v) is 13.4. The minimum Gasteiger partial charge on any atom is -0.276 e. The largest absolute Gasteiger partial charge is 0.276 e. The van der Waals surface area contributed by atoms with Crippen LogP contribution in [0.3, 0.4) is 0 Å². The van der Waals surface area contributed by atoms with E-state index in [4.69, 9.17) is 23.2 Å². The molecule has 0 radical (unpaired) electrons. The molecule has 0 fully saturated rings. The standard InChI is InChI=1S/C12H7Cl2N3O2S2/c13-7-3-4-8-11(16-6-20-8)10(7)17-21(18,19)9-2-1-5-15-12(9)14/h1-6,17H. The molecule has 5 nitrogen and oxygen atoms in total. The highest BCUT2D eigenvalue weighted by atomic mass is 35.5. The van der Waals surface area contributed by atoms with Crippen LogP contribution in [-0.4, -0.2) is 18.4 Å². The van der Waals surface area contributed by atoms with Crippen LogP contribution in [0.5, 0.6) is 0 Å². The monoisotopic (exact) mass is 359 g/mol. The van der Waals surface area contributed by atoms with E-state index in [2.05, 4.69) is 14.7 Å². The molecule has 3 rings (SSSR count). The quantitative estimate of drug-likeness (QED) is 0.721. The van der Waals surface area contributed by atoms with Crippen molar-refractivity contribution >= 4 is 60.5 Å². The summed E-state index contributed by atoms with van der Waals surface area (Å²) in [5.41, 5.74) is 2.35. The number of fused-ring (bicyclic) bond motifs is 1. The van der Waals surface area contributed by atoms with Gasteiger partial charge in [-0.05, 0) is 24.3 Å². The van der Waals surface area contributed by atoms with Crippen molar-refractivity contribution in [3.05, 3.63) is 46.1 Å². The van der Waals surface area contributed by atoms with Crippen molar-refractivity contribution in [1.82, 2.24) is 9.97 Å². The molecule has 2 aromatic heterocycles. The summed E-state index contributed by atoms with van der Waals surface area (Å²) in [5, 5.41) is 0.156. The van der Waals surface area contributed by atoms with E-state index < -0.39 is 10.0 Å². The Bertz CT molecular complexity index is 925. The highest BCUT2D eigenvalue weighted by Crippen LogP contribution is 2.34. The van der Waals surface area contributed by atoms with Gasteiger partial charge in [0.1, 0.15) is 15.6 Å². The number of aromatic nitrogens is 2. The molecule has 21 heavy (non-hydrogen) atoms. The fraction of sp³-hybridized carbons (Fsp3) is 0. The van der Waals surface area contributed by atoms with E-state index in [-0.39, 0.29) is 20.8 Å². The first kappa shape index (κ1) is 14.5. The van der Waals surface area contributed by atoms with Gasteiger partial charge in [0, 0.05) is 6.20 Å². The third-order valence-electron chi connectivity index (χ3n) is 2.70. The molecule has 0 amide bonds. The molecule has 0 saturated heterocycles. The molecule has 0 aliphatic carbocycles. The van der Waals surface area contributed by atoms with Gasteiger partial charge in [-0.25, -0.2) is 18.4 Å². The molecule has 0 saturated carbocycles. The maximum atomic E-state index is 12.4. The molecule has 0 atom stereocenters. The van der Waals surface area contributed by atoms with Gasteiger partial charge in [-0.15, -0.1) is 11.3 Å². The lowest BCUT2D eigenvalue weighted by Gasteiger charge is -2.10. The Morgan fingerprint density at radius 1 is 1.14 bits per heavy atom. The number of sulfonamides is 1. The van der Waals surface area contributed by atoms with Crippen molar-refractivity contribution in [2.24, 2.45) is 0 Å². The van der Waals surface area contributed by atoms with Crippen LogP contribution < -0.4 is 4.72 Å². The number of hydrogen-bond donors (Lipinski definition) is 1. The SMILES string of the molecule is O=S(=O)(Nc1c(Cl)ccc2scnc12)c1cccnc1Cl. The van der Waals surface area contributed by atoms with Crippen LogP contribution in [0.2, 0.25) is 10.2 Å². The van der Waals surface area contributed by atoms with Crippen LogP contribution in [0, 0.1) is 0 Å². The Morgan fingerprint density at radius 2 is 1.95 bits per heavy atom. The molecule has 9 heteroatoms. The molecular formula is C12H7Cl2N3O2S2. The molecule has 2 heterocycles. The summed E-state index contributed by atoms with van der Waals surface area (Å²) in [5.74, 6) is 0. The number of thiazole rings is 1. The number of rotatable bonds is 3. The fourth-order valence-electron chi connectivity index (χ4n) is 1.76. The first-order valence-electron chi connectivity index (χ1n) is 5.64. The second-order valence-corrected chi connectivity index (χ2v) is 7.32. The topological polar surface area (TPSA) is 72.0 Å². The number of halogens is 2. The van der Waals surface area contributed by atoms with Gasteiger partial charge in [-0.2, -0.15) is 0 Å². The van der Waals surface area contributed by atoms with Crippen molar-refractivity contribution in [2.75, 3.05) is 4.72 Å². The van der Waals surface area contributed by atoms with E-state index in [0.29, 0.717) is 5.52 Å². The highest BCUT2D eigenvalue weighted by molar-refractivity contribution is 7.92. The number of benzene rings is 1. The Labute approximate surface area is 134 Å². The molecule has 108 valence electrons. The van der Waals surface area contributed by atoms with Gasteiger partial charge in [0.05, 0.1) is 20.9 Å². The van der Waals surface area contributed by atoms with E-state index >= 15 is 0 Å². The van der Waals surface area contributed by atoms with Crippen LogP contribution in [0.25, 0.3) is 10.2 Å². The predicted molar refractivity (Wildman–Crippen MR) is 84.7 cm³/mol. The van der Waals surface area contributed by atoms with Gasteiger partial charge < -0.3 is 0 Å². The summed E-state index contributed by atoms with van der Waals surface area (Å²) < 4.78 is 28.1. The third-order valence-corrected chi connectivity index (χ3v) is 5.61. The van der Waals surface area contributed by atoms with Gasteiger partial charge >= 0.3 is 0 Å². The Kier molecular flexibility index (Phi) is 3.75. The minimum absolute atomic E-state index is 0.105. The first-order chi connectivity index (χ1) is 9.99. The van der Waals surface area contributed by atoms with E-state index in [0.717, 1.165) is 4.70 Å². The van der Waals surface area contributed by atoms with Crippen molar-refractivity contribution in [3.63, 3.8) is 0 Å². The molecule has 1 N–H and O–H groups in total. The molecule has 0 spiro atoms. The van der Waals surface area contributed by atoms with Crippen molar-refractivity contribution in [3.8, 4) is 0 Å². The van der Waals surface area contributed by atoms with Crippen LogP contribution in [0.1, 0.15) is 0 Å². The van der Waals surface area contributed by atoms with Crippen LogP contribution in [0.4, 0.5) is 5.69 Å². The second kappa shape index (κ2) is 5.42. The lowest BCUT2D eigenvalue weighted by atomic mass is 10.3. The van der Waals surface area contributed by atoms with Gasteiger partial charge in [0.2, 0.25) is 0 Å². The number of pyridine rings is 1. The predicted octanol–water partition coefficient (Wildman–Crippen LogP) is 3.80. The van der Waals surface area contributed by atoms with Crippen LogP contribution in [-0.2, 0) is 10.0 Å². The molecule has 3 aromatic rings. The number of hydrogen-bond acceptors (Lipinski definition) is 5. The summed E-state index contributed by atoms with van der Waals surface area (Å²) in [6.45, 7) is 0. The summed E-state index contributed by atoms with van der Waals surface area (Å²) in [7, 11) is -3.90. The average molecular weight is 360 g/mol. The average Bonchev–Trinajstić information content (AvgIpc) is 2.91. The number of anilines is 1. The molecule has 0 aliphatic rings. The fourth-order valence-corrected chi connectivity index (χ4v) is 4.25. The molecule has 0 bridgehead atoms. The Morgan fingerprint density at radius 3 is 2.71 bits per heavy atom.